The smallest absolute Gasteiger partial charge is 0.356 e. The maximum atomic E-state index is 13.7. The number of rotatable bonds is 16. The number of nitrogen functional groups attached to an aromatic ring is 1. The molecule has 0 radical (unpaired) electrons. The second-order valence-corrected chi connectivity index (χ2v) is 10.7. The SMILES string of the molecule is Nc1ncnc2c1ncn2CC(CO)OCP(=O)(OCc1ccccc1)OCC(CO)OCc1ccccc1. The van der Waals surface area contributed by atoms with Crippen LogP contribution in [0.5, 0.6) is 0 Å². The van der Waals surface area contributed by atoms with Crippen molar-refractivity contribution in [2.24, 2.45) is 0 Å². The fourth-order valence-electron chi connectivity index (χ4n) is 3.61. The third-order valence-electron chi connectivity index (χ3n) is 5.76. The number of aromatic nitrogens is 4. The molecule has 2 aromatic heterocycles. The molecular weight excluding hydrogens is 525 g/mol. The van der Waals surface area contributed by atoms with Gasteiger partial charge in [0.05, 0.1) is 52.0 Å². The Hall–Kier alpha value is -3.22. The van der Waals surface area contributed by atoms with Crippen molar-refractivity contribution >= 4 is 24.6 Å². The number of benzene rings is 2. The van der Waals surface area contributed by atoms with E-state index in [1.165, 1.54) is 12.7 Å². The largest absolute Gasteiger partial charge is 0.394 e. The van der Waals surface area contributed by atoms with E-state index < -0.39 is 26.2 Å². The van der Waals surface area contributed by atoms with Crippen molar-refractivity contribution in [1.82, 2.24) is 19.5 Å². The number of nitrogens with two attached hydrogens (primary N) is 1. The maximum Gasteiger partial charge on any atom is 0.356 e. The Bertz CT molecular complexity index is 1340. The summed E-state index contributed by atoms with van der Waals surface area (Å²) in [6, 6.07) is 18.7. The molecule has 0 bridgehead atoms. The summed E-state index contributed by atoms with van der Waals surface area (Å²) in [5.41, 5.74) is 8.47. The molecular formula is C26H32N5O7P. The van der Waals surface area contributed by atoms with Crippen LogP contribution in [0.2, 0.25) is 0 Å². The number of imidazole rings is 1. The van der Waals surface area contributed by atoms with Gasteiger partial charge < -0.3 is 39.0 Å². The molecule has 4 aromatic rings. The standard InChI is InChI=1S/C26H32N5O7P/c27-25-24-26(29-17-28-25)31(18-30-24)11-22(12-32)36-19-39(34,37-15-21-9-5-2-6-10-21)38-16-23(13-33)35-14-20-7-3-1-4-8-20/h1-10,17-18,22-23,32-33H,11-16,19H2,(H2,27,28,29). The van der Waals surface area contributed by atoms with Crippen LogP contribution in [0, 0.1) is 0 Å². The van der Waals surface area contributed by atoms with Gasteiger partial charge in [-0.3, -0.25) is 4.57 Å². The third kappa shape index (κ3) is 8.38. The minimum atomic E-state index is -3.86. The Morgan fingerprint density at radius 3 is 2.18 bits per heavy atom. The number of aliphatic hydroxyl groups is 2. The highest BCUT2D eigenvalue weighted by atomic mass is 31.2. The molecule has 0 saturated heterocycles. The van der Waals surface area contributed by atoms with E-state index in [-0.39, 0.29) is 45.4 Å². The first-order valence-corrected chi connectivity index (χ1v) is 14.0. The minimum Gasteiger partial charge on any atom is -0.394 e. The predicted octanol–water partition coefficient (Wildman–Crippen LogP) is 2.75. The fraction of sp³-hybridized carbons (Fsp3) is 0.346. The van der Waals surface area contributed by atoms with Gasteiger partial charge in [-0.15, -0.1) is 0 Å². The molecule has 0 spiro atoms. The minimum absolute atomic E-state index is 0.0162. The molecule has 3 unspecified atom stereocenters. The number of anilines is 1. The van der Waals surface area contributed by atoms with E-state index in [0.29, 0.717) is 11.2 Å². The molecule has 2 heterocycles. The van der Waals surface area contributed by atoms with Gasteiger partial charge in [-0.05, 0) is 11.1 Å². The van der Waals surface area contributed by atoms with E-state index in [1.54, 1.807) is 4.57 Å². The lowest BCUT2D eigenvalue weighted by molar-refractivity contribution is -0.0307. The Balaban J connectivity index is 1.40. The van der Waals surface area contributed by atoms with Crippen molar-refractivity contribution in [3.8, 4) is 0 Å². The van der Waals surface area contributed by atoms with Crippen LogP contribution in [0.15, 0.2) is 73.3 Å². The summed E-state index contributed by atoms with van der Waals surface area (Å²) in [5.74, 6) is 0.236. The zero-order valence-electron chi connectivity index (χ0n) is 21.3. The normalized spacial score (nSPS) is 14.7. The highest BCUT2D eigenvalue weighted by Gasteiger charge is 2.29. The Kier molecular flexibility index (Phi) is 10.5. The van der Waals surface area contributed by atoms with E-state index in [2.05, 4.69) is 15.0 Å². The Labute approximate surface area is 225 Å². The van der Waals surface area contributed by atoms with Gasteiger partial charge in [0.25, 0.3) is 0 Å². The molecule has 12 nitrogen and oxygen atoms in total. The first kappa shape index (κ1) is 28.8. The monoisotopic (exact) mass is 557 g/mol. The van der Waals surface area contributed by atoms with E-state index in [9.17, 15) is 14.8 Å². The summed E-state index contributed by atoms with van der Waals surface area (Å²) in [6.45, 7) is -0.488. The first-order chi connectivity index (χ1) is 19.0. The molecule has 2 aromatic carbocycles. The number of nitrogens with zero attached hydrogens (tertiary/aromatic N) is 4. The molecule has 4 N–H and O–H groups in total. The average Bonchev–Trinajstić information content (AvgIpc) is 3.39. The van der Waals surface area contributed by atoms with Crippen molar-refractivity contribution in [1.29, 1.82) is 0 Å². The van der Waals surface area contributed by atoms with Crippen LogP contribution in [0.3, 0.4) is 0 Å². The van der Waals surface area contributed by atoms with Crippen LogP contribution in [-0.2, 0) is 42.8 Å². The second kappa shape index (κ2) is 14.2. The Morgan fingerprint density at radius 2 is 1.51 bits per heavy atom. The zero-order valence-corrected chi connectivity index (χ0v) is 22.2. The van der Waals surface area contributed by atoms with E-state index in [0.717, 1.165) is 11.1 Å². The summed E-state index contributed by atoms with van der Waals surface area (Å²) < 4.78 is 38.3. The van der Waals surface area contributed by atoms with E-state index in [4.69, 9.17) is 24.3 Å². The van der Waals surface area contributed by atoms with Crippen molar-refractivity contribution in [3.05, 3.63) is 84.4 Å². The molecule has 208 valence electrons. The van der Waals surface area contributed by atoms with Gasteiger partial charge in [-0.25, -0.2) is 15.0 Å². The summed E-state index contributed by atoms with van der Waals surface area (Å²) in [4.78, 5) is 12.3. The highest BCUT2D eigenvalue weighted by molar-refractivity contribution is 7.53. The Morgan fingerprint density at radius 1 is 0.846 bits per heavy atom. The van der Waals surface area contributed by atoms with Crippen LogP contribution in [0.4, 0.5) is 5.82 Å². The summed E-state index contributed by atoms with van der Waals surface area (Å²) in [5, 5.41) is 19.7. The van der Waals surface area contributed by atoms with Crippen LogP contribution >= 0.6 is 7.60 Å². The molecule has 0 aliphatic carbocycles. The van der Waals surface area contributed by atoms with Crippen LogP contribution in [0.1, 0.15) is 11.1 Å². The molecule has 0 saturated carbocycles. The van der Waals surface area contributed by atoms with E-state index in [1.807, 2.05) is 60.7 Å². The average molecular weight is 558 g/mol. The third-order valence-corrected chi connectivity index (χ3v) is 7.29. The van der Waals surface area contributed by atoms with Gasteiger partial charge in [0, 0.05) is 0 Å². The lowest BCUT2D eigenvalue weighted by Crippen LogP contribution is -2.26. The number of hydrogen-bond donors (Lipinski definition) is 3. The predicted molar refractivity (Wildman–Crippen MR) is 143 cm³/mol. The summed E-state index contributed by atoms with van der Waals surface area (Å²) >= 11 is 0. The van der Waals surface area contributed by atoms with Crippen molar-refractivity contribution in [3.63, 3.8) is 0 Å². The van der Waals surface area contributed by atoms with E-state index >= 15 is 0 Å². The lowest BCUT2D eigenvalue weighted by Gasteiger charge is -2.24. The number of fused-ring (bicyclic) bond motifs is 1. The summed E-state index contributed by atoms with van der Waals surface area (Å²) in [6.07, 6.45) is 0.876. The molecule has 13 heteroatoms. The number of aliphatic hydroxyl groups excluding tert-OH is 2. The van der Waals surface area contributed by atoms with Crippen molar-refractivity contribution in [2.45, 2.75) is 32.0 Å². The molecule has 3 atom stereocenters. The molecule has 0 aliphatic heterocycles. The topological polar surface area (TPSA) is 164 Å². The molecule has 0 amide bonds. The van der Waals surface area contributed by atoms with Gasteiger partial charge >= 0.3 is 7.60 Å². The molecule has 4 rings (SSSR count). The zero-order chi connectivity index (χ0) is 27.5. The molecule has 39 heavy (non-hydrogen) atoms. The van der Waals surface area contributed by atoms with Gasteiger partial charge in [0.2, 0.25) is 0 Å². The maximum absolute atomic E-state index is 13.7. The second-order valence-electron chi connectivity index (χ2n) is 8.70. The van der Waals surface area contributed by atoms with Crippen LogP contribution < -0.4 is 5.73 Å². The first-order valence-electron chi connectivity index (χ1n) is 12.3. The number of ether oxygens (including phenoxy) is 2. The van der Waals surface area contributed by atoms with Crippen molar-refractivity contribution < 1.29 is 33.3 Å². The number of hydrogen-bond acceptors (Lipinski definition) is 11. The van der Waals surface area contributed by atoms with Gasteiger partial charge in [-0.1, -0.05) is 60.7 Å². The van der Waals surface area contributed by atoms with Gasteiger partial charge in [-0.2, -0.15) is 0 Å². The molecule has 0 aliphatic rings. The lowest BCUT2D eigenvalue weighted by atomic mass is 10.2. The van der Waals surface area contributed by atoms with Gasteiger partial charge in [0.15, 0.2) is 11.5 Å². The van der Waals surface area contributed by atoms with Gasteiger partial charge in [0.1, 0.15) is 24.3 Å². The highest BCUT2D eigenvalue weighted by Crippen LogP contribution is 2.49. The fourth-order valence-corrected chi connectivity index (χ4v) is 4.97. The van der Waals surface area contributed by atoms with Crippen LogP contribution in [-0.4, -0.2) is 68.1 Å². The quantitative estimate of drug-likeness (QED) is 0.174. The molecule has 0 fully saturated rings. The van der Waals surface area contributed by atoms with Crippen LogP contribution in [0.25, 0.3) is 11.2 Å². The van der Waals surface area contributed by atoms with Crippen molar-refractivity contribution in [2.75, 3.05) is 31.9 Å². The summed E-state index contributed by atoms with van der Waals surface area (Å²) in [7, 11) is -3.86.